The SMILES string of the molecule is [CH2]CCCc1ccc2c(N)ncnc2c1. The lowest BCUT2D eigenvalue weighted by molar-refractivity contribution is 0.841. The highest BCUT2D eigenvalue weighted by molar-refractivity contribution is 5.87. The second-order valence-electron chi connectivity index (χ2n) is 3.57. The van der Waals surface area contributed by atoms with Crippen LogP contribution < -0.4 is 5.73 Å². The lowest BCUT2D eigenvalue weighted by Crippen LogP contribution is -1.94. The molecule has 0 bridgehead atoms. The average Bonchev–Trinajstić information content (AvgIpc) is 2.26. The molecule has 0 fully saturated rings. The molecule has 2 N–H and O–H groups in total. The molecule has 1 aromatic heterocycles. The maximum Gasteiger partial charge on any atom is 0.134 e. The van der Waals surface area contributed by atoms with Crippen LogP contribution >= 0.6 is 0 Å². The van der Waals surface area contributed by atoms with Crippen LogP contribution in [0.25, 0.3) is 10.9 Å². The highest BCUT2D eigenvalue weighted by atomic mass is 14.9. The molecule has 0 unspecified atom stereocenters. The number of fused-ring (bicyclic) bond motifs is 1. The van der Waals surface area contributed by atoms with Crippen molar-refractivity contribution in [1.82, 2.24) is 9.97 Å². The Balaban J connectivity index is 2.39. The van der Waals surface area contributed by atoms with Crippen molar-refractivity contribution >= 4 is 16.7 Å². The van der Waals surface area contributed by atoms with Gasteiger partial charge in [0.1, 0.15) is 12.1 Å². The van der Waals surface area contributed by atoms with Crippen molar-refractivity contribution in [1.29, 1.82) is 0 Å². The number of hydrogen-bond acceptors (Lipinski definition) is 3. The Bertz CT molecular complexity index is 465. The van der Waals surface area contributed by atoms with Crippen LogP contribution in [0, 0.1) is 6.92 Å². The van der Waals surface area contributed by atoms with Crippen LogP contribution in [-0.2, 0) is 6.42 Å². The summed E-state index contributed by atoms with van der Waals surface area (Å²) >= 11 is 0. The van der Waals surface area contributed by atoms with E-state index in [9.17, 15) is 0 Å². The zero-order valence-corrected chi connectivity index (χ0v) is 8.61. The van der Waals surface area contributed by atoms with E-state index in [0.29, 0.717) is 5.82 Å². The van der Waals surface area contributed by atoms with Gasteiger partial charge in [0.25, 0.3) is 0 Å². The van der Waals surface area contributed by atoms with Crippen molar-refractivity contribution in [3.05, 3.63) is 37.0 Å². The quantitative estimate of drug-likeness (QED) is 0.827. The zero-order chi connectivity index (χ0) is 10.7. The van der Waals surface area contributed by atoms with E-state index in [0.717, 1.165) is 30.2 Å². The fourth-order valence-electron chi connectivity index (χ4n) is 1.61. The van der Waals surface area contributed by atoms with Gasteiger partial charge in [-0.05, 0) is 30.5 Å². The van der Waals surface area contributed by atoms with Crippen molar-refractivity contribution in [3.63, 3.8) is 0 Å². The molecule has 3 heteroatoms. The summed E-state index contributed by atoms with van der Waals surface area (Å²) < 4.78 is 0. The first-order valence-corrected chi connectivity index (χ1v) is 5.09. The third kappa shape index (κ3) is 2.06. The van der Waals surface area contributed by atoms with Gasteiger partial charge in [-0.3, -0.25) is 0 Å². The van der Waals surface area contributed by atoms with Gasteiger partial charge in [-0.25, -0.2) is 9.97 Å². The number of hydrogen-bond donors (Lipinski definition) is 1. The molecule has 0 aliphatic carbocycles. The van der Waals surface area contributed by atoms with Crippen molar-refractivity contribution in [2.45, 2.75) is 19.3 Å². The van der Waals surface area contributed by atoms with Gasteiger partial charge in [-0.1, -0.05) is 19.4 Å². The number of aromatic nitrogens is 2. The summed E-state index contributed by atoms with van der Waals surface area (Å²) in [6.07, 6.45) is 4.61. The Morgan fingerprint density at radius 1 is 1.27 bits per heavy atom. The molecule has 0 saturated heterocycles. The monoisotopic (exact) mass is 200 g/mol. The number of nitrogen functional groups attached to an aromatic ring is 1. The fraction of sp³-hybridized carbons (Fsp3) is 0.250. The van der Waals surface area contributed by atoms with Gasteiger partial charge in [0.15, 0.2) is 0 Å². The van der Waals surface area contributed by atoms with Crippen LogP contribution in [0.15, 0.2) is 24.5 Å². The summed E-state index contributed by atoms with van der Waals surface area (Å²) in [5.41, 5.74) is 7.95. The first-order chi connectivity index (χ1) is 7.31. The predicted octanol–water partition coefficient (Wildman–Crippen LogP) is 2.37. The van der Waals surface area contributed by atoms with E-state index in [1.54, 1.807) is 0 Å². The van der Waals surface area contributed by atoms with Crippen molar-refractivity contribution < 1.29 is 0 Å². The largest absolute Gasteiger partial charge is 0.383 e. The van der Waals surface area contributed by atoms with Crippen molar-refractivity contribution in [2.75, 3.05) is 5.73 Å². The molecule has 0 aliphatic heterocycles. The number of unbranched alkanes of at least 4 members (excludes halogenated alkanes) is 1. The first-order valence-electron chi connectivity index (χ1n) is 5.09. The molecule has 0 atom stereocenters. The predicted molar refractivity (Wildman–Crippen MR) is 62.2 cm³/mol. The molecule has 1 radical (unpaired) electrons. The van der Waals surface area contributed by atoms with Gasteiger partial charge in [0.05, 0.1) is 5.52 Å². The smallest absolute Gasteiger partial charge is 0.134 e. The number of benzene rings is 1. The number of anilines is 1. The average molecular weight is 200 g/mol. The molecule has 0 aliphatic rings. The van der Waals surface area contributed by atoms with Crippen LogP contribution in [-0.4, -0.2) is 9.97 Å². The molecule has 77 valence electrons. The molecule has 0 saturated carbocycles. The minimum atomic E-state index is 0.545. The molecular formula is C12H14N3. The summed E-state index contributed by atoms with van der Waals surface area (Å²) in [6.45, 7) is 3.83. The minimum absolute atomic E-state index is 0.545. The zero-order valence-electron chi connectivity index (χ0n) is 8.61. The molecular weight excluding hydrogens is 186 g/mol. The van der Waals surface area contributed by atoms with Crippen LogP contribution in [0.5, 0.6) is 0 Å². The topological polar surface area (TPSA) is 51.8 Å². The number of rotatable bonds is 3. The second kappa shape index (κ2) is 4.26. The summed E-state index contributed by atoms with van der Waals surface area (Å²) in [5.74, 6) is 0.545. The Morgan fingerprint density at radius 3 is 2.93 bits per heavy atom. The summed E-state index contributed by atoms with van der Waals surface area (Å²) in [5, 5.41) is 0.927. The van der Waals surface area contributed by atoms with Gasteiger partial charge < -0.3 is 5.73 Å². The number of nitrogens with two attached hydrogens (primary N) is 1. The molecule has 2 rings (SSSR count). The molecule has 1 aromatic carbocycles. The van der Waals surface area contributed by atoms with Crippen LogP contribution in [0.2, 0.25) is 0 Å². The summed E-state index contributed by atoms with van der Waals surface area (Å²) in [6, 6.07) is 6.14. The lowest BCUT2D eigenvalue weighted by atomic mass is 10.1. The van der Waals surface area contributed by atoms with Crippen LogP contribution in [0.1, 0.15) is 18.4 Å². The Morgan fingerprint density at radius 2 is 2.13 bits per heavy atom. The second-order valence-corrected chi connectivity index (χ2v) is 3.57. The number of aryl methyl sites for hydroxylation is 1. The van der Waals surface area contributed by atoms with Crippen molar-refractivity contribution in [3.8, 4) is 0 Å². The molecule has 0 spiro atoms. The van der Waals surface area contributed by atoms with E-state index >= 15 is 0 Å². The highest BCUT2D eigenvalue weighted by Crippen LogP contribution is 2.18. The van der Waals surface area contributed by atoms with E-state index in [4.69, 9.17) is 5.73 Å². The lowest BCUT2D eigenvalue weighted by Gasteiger charge is -2.03. The van der Waals surface area contributed by atoms with E-state index in [1.165, 1.54) is 11.9 Å². The van der Waals surface area contributed by atoms with Gasteiger partial charge in [0.2, 0.25) is 0 Å². The molecule has 3 nitrogen and oxygen atoms in total. The van der Waals surface area contributed by atoms with Crippen LogP contribution in [0.3, 0.4) is 0 Å². The maximum atomic E-state index is 5.75. The first kappa shape index (κ1) is 9.90. The van der Waals surface area contributed by atoms with E-state index in [-0.39, 0.29) is 0 Å². The Hall–Kier alpha value is -1.64. The van der Waals surface area contributed by atoms with Gasteiger partial charge in [-0.15, -0.1) is 0 Å². The fourth-order valence-corrected chi connectivity index (χ4v) is 1.61. The Labute approximate surface area is 89.4 Å². The molecule has 0 amide bonds. The molecule has 1 heterocycles. The maximum absolute atomic E-state index is 5.75. The standard InChI is InChI=1S/C12H14N3/c1-2-3-4-9-5-6-10-11(7-9)14-8-15-12(10)13/h5-8H,1-4H2,(H2,13,14,15). The normalized spacial score (nSPS) is 10.7. The van der Waals surface area contributed by atoms with Gasteiger partial charge >= 0.3 is 0 Å². The van der Waals surface area contributed by atoms with Crippen LogP contribution in [0.4, 0.5) is 5.82 Å². The third-order valence-electron chi connectivity index (χ3n) is 2.45. The van der Waals surface area contributed by atoms with Gasteiger partial charge in [-0.2, -0.15) is 0 Å². The molecule has 15 heavy (non-hydrogen) atoms. The van der Waals surface area contributed by atoms with E-state index in [2.05, 4.69) is 29.0 Å². The summed E-state index contributed by atoms with van der Waals surface area (Å²) in [7, 11) is 0. The van der Waals surface area contributed by atoms with Gasteiger partial charge in [0, 0.05) is 5.39 Å². The number of nitrogens with zero attached hydrogens (tertiary/aromatic N) is 2. The minimum Gasteiger partial charge on any atom is -0.383 e. The molecule has 2 aromatic rings. The third-order valence-corrected chi connectivity index (χ3v) is 2.45. The van der Waals surface area contributed by atoms with E-state index < -0.39 is 0 Å². The highest BCUT2D eigenvalue weighted by Gasteiger charge is 2.00. The Kier molecular flexibility index (Phi) is 2.81. The van der Waals surface area contributed by atoms with Crippen molar-refractivity contribution in [2.24, 2.45) is 0 Å². The summed E-state index contributed by atoms with van der Waals surface area (Å²) in [4.78, 5) is 8.16. The van der Waals surface area contributed by atoms with E-state index in [1.807, 2.05) is 6.07 Å².